The summed E-state index contributed by atoms with van der Waals surface area (Å²) in [4.78, 5) is 3.14. The van der Waals surface area contributed by atoms with Gasteiger partial charge in [0.1, 0.15) is 5.75 Å². The Morgan fingerprint density at radius 2 is 2.29 bits per heavy atom. The average molecular weight is 190 g/mol. The van der Waals surface area contributed by atoms with Crippen molar-refractivity contribution in [2.45, 2.75) is 19.4 Å². The quantitative estimate of drug-likeness (QED) is 0.680. The molecule has 0 amide bonds. The van der Waals surface area contributed by atoms with Crippen molar-refractivity contribution in [2.24, 2.45) is 5.73 Å². The van der Waals surface area contributed by atoms with Gasteiger partial charge in [-0.3, -0.25) is 0 Å². The Labute approximate surface area is 82.6 Å². The fourth-order valence-corrected chi connectivity index (χ4v) is 1.58. The van der Waals surface area contributed by atoms with Crippen LogP contribution >= 0.6 is 0 Å². The largest absolute Gasteiger partial charge is 0.506 e. The van der Waals surface area contributed by atoms with Gasteiger partial charge in [-0.2, -0.15) is 0 Å². The molecular formula is C11H14N2O. The van der Waals surface area contributed by atoms with E-state index in [-0.39, 0.29) is 11.8 Å². The van der Waals surface area contributed by atoms with E-state index < -0.39 is 0 Å². The summed E-state index contributed by atoms with van der Waals surface area (Å²) in [6, 6.07) is 7.45. The number of fused-ring (bicyclic) bond motifs is 1. The van der Waals surface area contributed by atoms with Crippen LogP contribution in [0, 0.1) is 0 Å². The molecule has 0 fully saturated rings. The highest BCUT2D eigenvalue weighted by atomic mass is 16.3. The molecule has 0 saturated carbocycles. The van der Waals surface area contributed by atoms with E-state index in [9.17, 15) is 5.11 Å². The van der Waals surface area contributed by atoms with Gasteiger partial charge in [-0.15, -0.1) is 0 Å². The van der Waals surface area contributed by atoms with Crippen LogP contribution in [0.3, 0.4) is 0 Å². The van der Waals surface area contributed by atoms with E-state index in [1.807, 2.05) is 25.1 Å². The van der Waals surface area contributed by atoms with Gasteiger partial charge >= 0.3 is 0 Å². The maximum atomic E-state index is 9.57. The van der Waals surface area contributed by atoms with Crippen LogP contribution in [0.4, 0.5) is 0 Å². The molecule has 3 nitrogen and oxygen atoms in total. The van der Waals surface area contributed by atoms with Crippen molar-refractivity contribution < 1.29 is 5.11 Å². The second-order valence-corrected chi connectivity index (χ2v) is 3.48. The van der Waals surface area contributed by atoms with Gasteiger partial charge in [0.25, 0.3) is 0 Å². The molecule has 0 saturated heterocycles. The van der Waals surface area contributed by atoms with Crippen molar-refractivity contribution in [3.63, 3.8) is 0 Å². The van der Waals surface area contributed by atoms with Gasteiger partial charge < -0.3 is 15.8 Å². The summed E-state index contributed by atoms with van der Waals surface area (Å²) in [6.45, 7) is 2.04. The summed E-state index contributed by atoms with van der Waals surface area (Å²) in [5.41, 5.74) is 7.64. The van der Waals surface area contributed by atoms with E-state index in [0.717, 1.165) is 23.0 Å². The minimum Gasteiger partial charge on any atom is -0.506 e. The standard InChI is InChI=1S/C11H14N2O/c1-2-8(12)9-6-7-4-3-5-10(14)11(7)13-9/h3-6,8,13-14H,2,12H2,1H3/t8-/m1/s1. The van der Waals surface area contributed by atoms with E-state index in [1.54, 1.807) is 6.07 Å². The molecule has 0 radical (unpaired) electrons. The Kier molecular flexibility index (Phi) is 2.17. The number of nitrogens with two attached hydrogens (primary N) is 1. The molecule has 0 aliphatic heterocycles. The summed E-state index contributed by atoms with van der Waals surface area (Å²) < 4.78 is 0. The van der Waals surface area contributed by atoms with Gasteiger partial charge in [0.05, 0.1) is 5.52 Å². The van der Waals surface area contributed by atoms with Crippen molar-refractivity contribution >= 4 is 10.9 Å². The lowest BCUT2D eigenvalue weighted by Crippen LogP contribution is -2.08. The Morgan fingerprint density at radius 1 is 1.50 bits per heavy atom. The minimum absolute atomic E-state index is 0.0156. The number of hydrogen-bond acceptors (Lipinski definition) is 2. The predicted molar refractivity (Wildman–Crippen MR) is 57.2 cm³/mol. The third-order valence-corrected chi connectivity index (χ3v) is 2.49. The molecular weight excluding hydrogens is 176 g/mol. The number of aromatic amines is 1. The van der Waals surface area contributed by atoms with Crippen LogP contribution in [0.25, 0.3) is 10.9 Å². The summed E-state index contributed by atoms with van der Waals surface area (Å²) in [7, 11) is 0. The molecule has 4 N–H and O–H groups in total. The van der Waals surface area contributed by atoms with E-state index in [1.165, 1.54) is 0 Å². The summed E-state index contributed by atoms with van der Waals surface area (Å²) in [6.07, 6.45) is 0.883. The smallest absolute Gasteiger partial charge is 0.139 e. The lowest BCUT2D eigenvalue weighted by molar-refractivity contribution is 0.480. The number of benzene rings is 1. The van der Waals surface area contributed by atoms with Gasteiger partial charge in [-0.25, -0.2) is 0 Å². The summed E-state index contributed by atoms with van der Waals surface area (Å²) >= 11 is 0. The van der Waals surface area contributed by atoms with Crippen molar-refractivity contribution in [2.75, 3.05) is 0 Å². The second-order valence-electron chi connectivity index (χ2n) is 3.48. The molecule has 0 unspecified atom stereocenters. The van der Waals surface area contributed by atoms with Crippen molar-refractivity contribution in [1.29, 1.82) is 0 Å². The molecule has 14 heavy (non-hydrogen) atoms. The topological polar surface area (TPSA) is 62.0 Å². The van der Waals surface area contributed by atoms with Gasteiger partial charge in [0, 0.05) is 17.1 Å². The molecule has 1 aromatic carbocycles. The zero-order valence-corrected chi connectivity index (χ0v) is 8.12. The van der Waals surface area contributed by atoms with Gasteiger partial charge in [0.2, 0.25) is 0 Å². The molecule has 0 aliphatic carbocycles. The molecule has 74 valence electrons. The Bertz CT molecular complexity index is 447. The second kappa shape index (κ2) is 3.35. The molecule has 2 rings (SSSR count). The van der Waals surface area contributed by atoms with Crippen LogP contribution in [0.15, 0.2) is 24.3 Å². The third-order valence-electron chi connectivity index (χ3n) is 2.49. The van der Waals surface area contributed by atoms with Gasteiger partial charge in [-0.05, 0) is 18.6 Å². The lowest BCUT2D eigenvalue weighted by Gasteiger charge is -2.04. The highest BCUT2D eigenvalue weighted by molar-refractivity contribution is 5.85. The van der Waals surface area contributed by atoms with E-state index in [4.69, 9.17) is 5.73 Å². The normalized spacial score (nSPS) is 13.3. The number of rotatable bonds is 2. The Balaban J connectivity index is 2.56. The number of aromatic nitrogens is 1. The van der Waals surface area contributed by atoms with Gasteiger partial charge in [0.15, 0.2) is 0 Å². The monoisotopic (exact) mass is 190 g/mol. The molecule has 3 heteroatoms. The molecule has 0 spiro atoms. The zero-order valence-electron chi connectivity index (χ0n) is 8.12. The maximum absolute atomic E-state index is 9.57. The third kappa shape index (κ3) is 1.36. The molecule has 2 aromatic rings. The lowest BCUT2D eigenvalue weighted by atomic mass is 10.1. The predicted octanol–water partition coefficient (Wildman–Crippen LogP) is 2.28. The first kappa shape index (κ1) is 9.09. The number of phenols is 1. The Hall–Kier alpha value is -1.48. The van der Waals surface area contributed by atoms with E-state index in [0.29, 0.717) is 0 Å². The summed E-state index contributed by atoms with van der Waals surface area (Å²) in [5, 5.41) is 10.6. The molecule has 0 aliphatic rings. The van der Waals surface area contributed by atoms with Crippen molar-refractivity contribution in [3.05, 3.63) is 30.0 Å². The average Bonchev–Trinajstić information content (AvgIpc) is 2.62. The number of para-hydroxylation sites is 1. The van der Waals surface area contributed by atoms with Crippen LogP contribution in [0.1, 0.15) is 25.1 Å². The first-order valence-electron chi connectivity index (χ1n) is 4.78. The van der Waals surface area contributed by atoms with Crippen LogP contribution in [0.2, 0.25) is 0 Å². The molecule has 1 atom stereocenters. The van der Waals surface area contributed by atoms with Crippen LogP contribution in [0.5, 0.6) is 5.75 Å². The number of H-pyrrole nitrogens is 1. The van der Waals surface area contributed by atoms with Crippen LogP contribution in [-0.4, -0.2) is 10.1 Å². The summed E-state index contributed by atoms with van der Waals surface area (Å²) in [5.74, 6) is 0.275. The van der Waals surface area contributed by atoms with E-state index in [2.05, 4.69) is 4.98 Å². The van der Waals surface area contributed by atoms with E-state index >= 15 is 0 Å². The fourth-order valence-electron chi connectivity index (χ4n) is 1.58. The molecule has 1 heterocycles. The zero-order chi connectivity index (χ0) is 10.1. The highest BCUT2D eigenvalue weighted by Crippen LogP contribution is 2.26. The SMILES string of the molecule is CC[C@@H](N)c1cc2cccc(O)c2[nH]1. The van der Waals surface area contributed by atoms with Crippen molar-refractivity contribution in [1.82, 2.24) is 4.98 Å². The maximum Gasteiger partial charge on any atom is 0.139 e. The Morgan fingerprint density at radius 3 is 2.93 bits per heavy atom. The number of hydrogen-bond donors (Lipinski definition) is 3. The molecule has 1 aromatic heterocycles. The first-order chi connectivity index (χ1) is 6.72. The van der Waals surface area contributed by atoms with Crippen LogP contribution < -0.4 is 5.73 Å². The number of phenolic OH excluding ortho intramolecular Hbond substituents is 1. The van der Waals surface area contributed by atoms with Crippen molar-refractivity contribution in [3.8, 4) is 5.75 Å². The van der Waals surface area contributed by atoms with Crippen LogP contribution in [-0.2, 0) is 0 Å². The fraction of sp³-hybridized carbons (Fsp3) is 0.273. The number of nitrogens with one attached hydrogen (secondary N) is 1. The highest BCUT2D eigenvalue weighted by Gasteiger charge is 2.08. The first-order valence-corrected chi connectivity index (χ1v) is 4.78. The number of aromatic hydroxyl groups is 1. The molecule has 0 bridgehead atoms. The minimum atomic E-state index is 0.0156. The van der Waals surface area contributed by atoms with Gasteiger partial charge in [-0.1, -0.05) is 19.1 Å².